The fourth-order valence-electron chi connectivity index (χ4n) is 1.91. The molecular weight excluding hydrogens is 318 g/mol. The fraction of sp³-hybridized carbons (Fsp3) is 0.176. The number of anilines is 1. The SMILES string of the molecule is COc1ccc(C=O)cc1O[C@H](C)C(=O)Nc1cccc(Cl)c1. The second kappa shape index (κ2) is 7.65. The van der Waals surface area contributed by atoms with E-state index in [1.807, 2.05) is 0 Å². The van der Waals surface area contributed by atoms with Gasteiger partial charge in [-0.05, 0) is 43.3 Å². The summed E-state index contributed by atoms with van der Waals surface area (Å²) in [5, 5.41) is 3.23. The molecule has 0 saturated heterocycles. The maximum atomic E-state index is 12.2. The Morgan fingerprint density at radius 2 is 2.00 bits per heavy atom. The predicted molar refractivity (Wildman–Crippen MR) is 88.6 cm³/mol. The van der Waals surface area contributed by atoms with Crippen molar-refractivity contribution in [2.45, 2.75) is 13.0 Å². The van der Waals surface area contributed by atoms with Crippen molar-refractivity contribution in [3.05, 3.63) is 53.1 Å². The van der Waals surface area contributed by atoms with Crippen LogP contribution in [0.5, 0.6) is 11.5 Å². The van der Waals surface area contributed by atoms with Gasteiger partial charge in [0.05, 0.1) is 7.11 Å². The largest absolute Gasteiger partial charge is 0.493 e. The molecule has 0 saturated carbocycles. The van der Waals surface area contributed by atoms with Crippen LogP contribution in [0.1, 0.15) is 17.3 Å². The lowest BCUT2D eigenvalue weighted by molar-refractivity contribution is -0.122. The standard InChI is InChI=1S/C17H16ClNO4/c1-11(17(21)19-14-5-3-4-13(18)9-14)23-16-8-12(10-20)6-7-15(16)22-2/h3-11H,1-2H3,(H,19,21)/t11-/m1/s1. The lowest BCUT2D eigenvalue weighted by atomic mass is 10.2. The minimum Gasteiger partial charge on any atom is -0.493 e. The molecule has 0 heterocycles. The molecule has 1 amide bonds. The van der Waals surface area contributed by atoms with Crippen LogP contribution in [0.15, 0.2) is 42.5 Å². The van der Waals surface area contributed by atoms with Crippen molar-refractivity contribution in [2.75, 3.05) is 12.4 Å². The Labute approximate surface area is 139 Å². The molecule has 23 heavy (non-hydrogen) atoms. The third-order valence-corrected chi connectivity index (χ3v) is 3.32. The smallest absolute Gasteiger partial charge is 0.265 e. The summed E-state index contributed by atoms with van der Waals surface area (Å²) in [7, 11) is 1.49. The molecule has 2 rings (SSSR count). The van der Waals surface area contributed by atoms with Gasteiger partial charge in [0.15, 0.2) is 17.6 Å². The van der Waals surface area contributed by atoms with E-state index in [1.54, 1.807) is 43.3 Å². The zero-order valence-corrected chi connectivity index (χ0v) is 13.5. The molecule has 0 fully saturated rings. The monoisotopic (exact) mass is 333 g/mol. The number of aldehydes is 1. The Bertz CT molecular complexity index is 717. The number of halogens is 1. The average molecular weight is 334 g/mol. The lowest BCUT2D eigenvalue weighted by Gasteiger charge is -2.17. The van der Waals surface area contributed by atoms with Crippen LogP contribution in [-0.4, -0.2) is 25.4 Å². The summed E-state index contributed by atoms with van der Waals surface area (Å²) in [5.74, 6) is 0.426. The van der Waals surface area contributed by atoms with Crippen LogP contribution >= 0.6 is 11.6 Å². The maximum Gasteiger partial charge on any atom is 0.265 e. The van der Waals surface area contributed by atoms with Gasteiger partial charge in [-0.3, -0.25) is 9.59 Å². The van der Waals surface area contributed by atoms with Crippen LogP contribution in [0.3, 0.4) is 0 Å². The predicted octanol–water partition coefficient (Wildman–Crippen LogP) is 3.57. The second-order valence-corrected chi connectivity index (χ2v) is 5.22. The Kier molecular flexibility index (Phi) is 5.60. The highest BCUT2D eigenvalue weighted by Gasteiger charge is 2.17. The first-order valence-electron chi connectivity index (χ1n) is 6.90. The number of carbonyl (C=O) groups is 2. The van der Waals surface area contributed by atoms with Gasteiger partial charge in [-0.2, -0.15) is 0 Å². The first-order chi connectivity index (χ1) is 11.0. The van der Waals surface area contributed by atoms with Gasteiger partial charge in [0.2, 0.25) is 0 Å². The molecule has 0 aliphatic carbocycles. The van der Waals surface area contributed by atoms with Crippen molar-refractivity contribution in [1.82, 2.24) is 0 Å². The van der Waals surface area contributed by atoms with Gasteiger partial charge in [0.1, 0.15) is 6.29 Å². The zero-order valence-electron chi connectivity index (χ0n) is 12.7. The van der Waals surface area contributed by atoms with E-state index in [4.69, 9.17) is 21.1 Å². The van der Waals surface area contributed by atoms with E-state index in [9.17, 15) is 9.59 Å². The molecule has 0 aliphatic heterocycles. The van der Waals surface area contributed by atoms with Gasteiger partial charge in [-0.25, -0.2) is 0 Å². The highest BCUT2D eigenvalue weighted by Crippen LogP contribution is 2.28. The van der Waals surface area contributed by atoms with Gasteiger partial charge >= 0.3 is 0 Å². The summed E-state index contributed by atoms with van der Waals surface area (Å²) >= 11 is 5.88. The van der Waals surface area contributed by atoms with Gasteiger partial charge < -0.3 is 14.8 Å². The van der Waals surface area contributed by atoms with Crippen molar-refractivity contribution < 1.29 is 19.1 Å². The first kappa shape index (κ1) is 16.8. The molecule has 2 aromatic carbocycles. The van der Waals surface area contributed by atoms with Gasteiger partial charge in [0, 0.05) is 16.3 Å². The summed E-state index contributed by atoms with van der Waals surface area (Å²) < 4.78 is 10.8. The number of hydrogen-bond acceptors (Lipinski definition) is 4. The van der Waals surface area contributed by atoms with Crippen molar-refractivity contribution in [3.8, 4) is 11.5 Å². The number of hydrogen-bond donors (Lipinski definition) is 1. The van der Waals surface area contributed by atoms with Crippen LogP contribution in [0.4, 0.5) is 5.69 Å². The summed E-state index contributed by atoms with van der Waals surface area (Å²) in [4.78, 5) is 23.1. The summed E-state index contributed by atoms with van der Waals surface area (Å²) in [6.07, 6.45) is -0.0898. The van der Waals surface area contributed by atoms with E-state index in [2.05, 4.69) is 5.32 Å². The summed E-state index contributed by atoms with van der Waals surface area (Å²) in [5.41, 5.74) is 1.01. The van der Waals surface area contributed by atoms with E-state index in [0.29, 0.717) is 34.1 Å². The van der Waals surface area contributed by atoms with Gasteiger partial charge in [-0.1, -0.05) is 17.7 Å². The van der Waals surface area contributed by atoms with Crippen molar-refractivity contribution in [3.63, 3.8) is 0 Å². The molecular formula is C17H16ClNO4. The molecule has 2 aromatic rings. The highest BCUT2D eigenvalue weighted by molar-refractivity contribution is 6.30. The summed E-state index contributed by atoms with van der Waals surface area (Å²) in [6.45, 7) is 1.60. The molecule has 120 valence electrons. The molecule has 5 nitrogen and oxygen atoms in total. The van der Waals surface area contributed by atoms with Crippen molar-refractivity contribution in [1.29, 1.82) is 0 Å². The number of nitrogens with one attached hydrogen (secondary N) is 1. The van der Waals surface area contributed by atoms with E-state index in [-0.39, 0.29) is 5.91 Å². The van der Waals surface area contributed by atoms with E-state index in [1.165, 1.54) is 13.2 Å². The van der Waals surface area contributed by atoms with Gasteiger partial charge in [0.25, 0.3) is 5.91 Å². The Hall–Kier alpha value is -2.53. The Balaban J connectivity index is 2.10. The number of methoxy groups -OCH3 is 1. The third kappa shape index (κ3) is 4.47. The molecule has 0 aliphatic rings. The minimum absolute atomic E-state index is 0.325. The van der Waals surface area contributed by atoms with Crippen LogP contribution in [0.25, 0.3) is 0 Å². The van der Waals surface area contributed by atoms with Crippen LogP contribution in [-0.2, 0) is 4.79 Å². The number of rotatable bonds is 6. The van der Waals surface area contributed by atoms with E-state index < -0.39 is 6.10 Å². The molecule has 0 radical (unpaired) electrons. The highest BCUT2D eigenvalue weighted by atomic mass is 35.5. The number of ether oxygens (including phenoxy) is 2. The number of carbonyl (C=O) groups excluding carboxylic acids is 2. The number of amides is 1. The fourth-order valence-corrected chi connectivity index (χ4v) is 2.10. The number of benzene rings is 2. The summed E-state index contributed by atoms with van der Waals surface area (Å²) in [6, 6.07) is 11.6. The van der Waals surface area contributed by atoms with E-state index >= 15 is 0 Å². The average Bonchev–Trinajstić information content (AvgIpc) is 2.54. The molecule has 6 heteroatoms. The zero-order chi connectivity index (χ0) is 16.8. The molecule has 1 atom stereocenters. The van der Waals surface area contributed by atoms with Gasteiger partial charge in [-0.15, -0.1) is 0 Å². The first-order valence-corrected chi connectivity index (χ1v) is 7.27. The molecule has 0 aromatic heterocycles. The van der Waals surface area contributed by atoms with Crippen LogP contribution in [0, 0.1) is 0 Å². The quantitative estimate of drug-likeness (QED) is 0.821. The lowest BCUT2D eigenvalue weighted by Crippen LogP contribution is -2.30. The Morgan fingerprint density at radius 3 is 2.65 bits per heavy atom. The molecule has 0 bridgehead atoms. The maximum absolute atomic E-state index is 12.2. The normalized spacial score (nSPS) is 11.4. The Morgan fingerprint density at radius 1 is 1.22 bits per heavy atom. The second-order valence-electron chi connectivity index (χ2n) is 4.79. The molecule has 1 N–H and O–H groups in total. The van der Waals surface area contributed by atoms with Crippen LogP contribution < -0.4 is 14.8 Å². The van der Waals surface area contributed by atoms with Crippen molar-refractivity contribution >= 4 is 29.5 Å². The topological polar surface area (TPSA) is 64.6 Å². The molecule has 0 spiro atoms. The van der Waals surface area contributed by atoms with Crippen LogP contribution in [0.2, 0.25) is 5.02 Å². The van der Waals surface area contributed by atoms with E-state index in [0.717, 1.165) is 0 Å². The molecule has 0 unspecified atom stereocenters. The third-order valence-electron chi connectivity index (χ3n) is 3.09. The minimum atomic E-state index is -0.787. The van der Waals surface area contributed by atoms with Crippen molar-refractivity contribution in [2.24, 2.45) is 0 Å².